The summed E-state index contributed by atoms with van der Waals surface area (Å²) in [5.74, 6) is 0.728. The predicted molar refractivity (Wildman–Crippen MR) is 92.3 cm³/mol. The number of rotatable bonds is 2. The molecule has 1 atom stereocenters. The Kier molecular flexibility index (Phi) is 3.12. The zero-order valence-corrected chi connectivity index (χ0v) is 12.8. The zero-order valence-electron chi connectivity index (χ0n) is 12.8. The van der Waals surface area contributed by atoms with Crippen LogP contribution in [0.5, 0.6) is 0 Å². The van der Waals surface area contributed by atoms with E-state index in [0.29, 0.717) is 0 Å². The van der Waals surface area contributed by atoms with Crippen molar-refractivity contribution in [1.82, 2.24) is 14.9 Å². The summed E-state index contributed by atoms with van der Waals surface area (Å²) in [6, 6.07) is 8.06. The molecule has 3 N–H and O–H groups in total. The standard InChI is InChI=1S/C18H17N5/c1-23-11-13(19)8-12-9-14(6-7-17(12)23)21-18-10-20-15-4-2-3-5-16(15)22-18/h2-11,17H,19H2,1H3,(H,21,22). The lowest BCUT2D eigenvalue weighted by atomic mass is 9.96. The average molecular weight is 303 g/mol. The molecule has 1 aliphatic heterocycles. The Labute approximate surface area is 134 Å². The summed E-state index contributed by atoms with van der Waals surface area (Å²) in [6.45, 7) is 0. The summed E-state index contributed by atoms with van der Waals surface area (Å²) < 4.78 is 0. The molecule has 1 aromatic heterocycles. The van der Waals surface area contributed by atoms with Crippen LogP contribution < -0.4 is 11.1 Å². The molecular weight excluding hydrogens is 286 g/mol. The van der Waals surface area contributed by atoms with E-state index in [9.17, 15) is 0 Å². The van der Waals surface area contributed by atoms with Gasteiger partial charge in [-0.25, -0.2) is 4.98 Å². The lowest BCUT2D eigenvalue weighted by Gasteiger charge is -2.31. The fourth-order valence-electron chi connectivity index (χ4n) is 2.91. The second-order valence-electron chi connectivity index (χ2n) is 5.71. The molecule has 0 fully saturated rings. The maximum atomic E-state index is 5.94. The molecule has 23 heavy (non-hydrogen) atoms. The van der Waals surface area contributed by atoms with Gasteiger partial charge in [0.15, 0.2) is 0 Å². The van der Waals surface area contributed by atoms with Crippen LogP contribution >= 0.6 is 0 Å². The van der Waals surface area contributed by atoms with E-state index in [1.54, 1.807) is 6.20 Å². The minimum Gasteiger partial charge on any atom is -0.398 e. The van der Waals surface area contributed by atoms with Crippen LogP contribution in [-0.2, 0) is 0 Å². The summed E-state index contributed by atoms with van der Waals surface area (Å²) in [7, 11) is 2.02. The van der Waals surface area contributed by atoms with Gasteiger partial charge in [-0.15, -0.1) is 0 Å². The molecule has 114 valence electrons. The number of nitrogens with one attached hydrogen (secondary N) is 1. The van der Waals surface area contributed by atoms with E-state index < -0.39 is 0 Å². The Morgan fingerprint density at radius 3 is 2.87 bits per heavy atom. The van der Waals surface area contributed by atoms with Gasteiger partial charge in [-0.3, -0.25) is 4.98 Å². The summed E-state index contributed by atoms with van der Waals surface area (Å²) in [5.41, 5.74) is 10.6. The highest BCUT2D eigenvalue weighted by Crippen LogP contribution is 2.25. The number of hydrogen-bond acceptors (Lipinski definition) is 5. The van der Waals surface area contributed by atoms with Crippen LogP contribution in [0.3, 0.4) is 0 Å². The van der Waals surface area contributed by atoms with Crippen molar-refractivity contribution in [2.24, 2.45) is 5.73 Å². The molecule has 4 rings (SSSR count). The average Bonchev–Trinajstić information content (AvgIpc) is 2.54. The van der Waals surface area contributed by atoms with Crippen LogP contribution in [0.4, 0.5) is 5.82 Å². The van der Waals surface area contributed by atoms with Gasteiger partial charge in [0.25, 0.3) is 0 Å². The number of likely N-dealkylation sites (N-methyl/N-ethyl adjacent to an activating group) is 1. The summed E-state index contributed by atoms with van der Waals surface area (Å²) >= 11 is 0. The van der Waals surface area contributed by atoms with Gasteiger partial charge in [-0.2, -0.15) is 0 Å². The molecule has 0 saturated heterocycles. The number of nitrogens with two attached hydrogens (primary N) is 1. The van der Waals surface area contributed by atoms with Crippen molar-refractivity contribution in [1.29, 1.82) is 0 Å². The topological polar surface area (TPSA) is 67.1 Å². The van der Waals surface area contributed by atoms with Gasteiger partial charge in [-0.05, 0) is 35.9 Å². The van der Waals surface area contributed by atoms with Gasteiger partial charge in [0, 0.05) is 24.6 Å². The molecule has 1 aliphatic carbocycles. The molecule has 2 heterocycles. The first-order valence-electron chi connectivity index (χ1n) is 7.48. The molecule has 0 bridgehead atoms. The van der Waals surface area contributed by atoms with Crippen molar-refractivity contribution in [2.45, 2.75) is 6.04 Å². The van der Waals surface area contributed by atoms with Gasteiger partial charge in [-0.1, -0.05) is 18.2 Å². The van der Waals surface area contributed by atoms with E-state index in [4.69, 9.17) is 5.73 Å². The number of anilines is 1. The summed E-state index contributed by atoms with van der Waals surface area (Å²) in [4.78, 5) is 11.1. The van der Waals surface area contributed by atoms with Crippen LogP contribution in [0, 0.1) is 0 Å². The SMILES string of the molecule is CN1C=C(N)C=C2C=C(Nc3cnc4ccccc4n3)C=CC21. The number of nitrogens with zero attached hydrogens (tertiary/aromatic N) is 3. The molecule has 1 aromatic carbocycles. The summed E-state index contributed by atoms with van der Waals surface area (Å²) in [6.07, 6.45) is 12.0. The fraction of sp³-hybridized carbons (Fsp3) is 0.111. The van der Waals surface area contributed by atoms with E-state index >= 15 is 0 Å². The smallest absolute Gasteiger partial charge is 0.149 e. The zero-order chi connectivity index (χ0) is 15.8. The Morgan fingerprint density at radius 1 is 1.17 bits per heavy atom. The number of hydrogen-bond donors (Lipinski definition) is 2. The van der Waals surface area contributed by atoms with Gasteiger partial charge in [0.2, 0.25) is 0 Å². The number of para-hydroxylation sites is 2. The highest BCUT2D eigenvalue weighted by molar-refractivity contribution is 5.75. The third kappa shape index (κ3) is 2.57. The molecule has 5 nitrogen and oxygen atoms in total. The minimum atomic E-state index is 0.232. The predicted octanol–water partition coefficient (Wildman–Crippen LogP) is 2.54. The van der Waals surface area contributed by atoms with Crippen molar-refractivity contribution in [3.8, 4) is 0 Å². The molecule has 0 radical (unpaired) electrons. The lowest BCUT2D eigenvalue weighted by molar-refractivity contribution is 0.417. The highest BCUT2D eigenvalue weighted by Gasteiger charge is 2.20. The van der Waals surface area contributed by atoms with Crippen LogP contribution in [-0.4, -0.2) is 28.0 Å². The van der Waals surface area contributed by atoms with Crippen molar-refractivity contribution in [2.75, 3.05) is 12.4 Å². The maximum absolute atomic E-state index is 5.94. The van der Waals surface area contributed by atoms with E-state index in [2.05, 4.69) is 38.4 Å². The monoisotopic (exact) mass is 303 g/mol. The lowest BCUT2D eigenvalue weighted by Crippen LogP contribution is -2.32. The van der Waals surface area contributed by atoms with Gasteiger partial charge >= 0.3 is 0 Å². The maximum Gasteiger partial charge on any atom is 0.149 e. The largest absolute Gasteiger partial charge is 0.398 e. The van der Waals surface area contributed by atoms with Crippen LogP contribution in [0.25, 0.3) is 11.0 Å². The molecule has 5 heteroatoms. The second-order valence-corrected chi connectivity index (χ2v) is 5.71. The molecule has 2 aromatic rings. The Balaban J connectivity index is 1.62. The second kappa shape index (κ2) is 5.28. The molecule has 0 amide bonds. The quantitative estimate of drug-likeness (QED) is 0.892. The van der Waals surface area contributed by atoms with Crippen molar-refractivity contribution in [3.63, 3.8) is 0 Å². The van der Waals surface area contributed by atoms with Crippen LogP contribution in [0.2, 0.25) is 0 Å². The molecule has 0 spiro atoms. The number of allylic oxidation sites excluding steroid dienone is 2. The normalized spacial score (nSPS) is 19.8. The molecule has 0 saturated carbocycles. The van der Waals surface area contributed by atoms with E-state index in [-0.39, 0.29) is 6.04 Å². The summed E-state index contributed by atoms with van der Waals surface area (Å²) in [5, 5.41) is 3.32. The Hall–Kier alpha value is -3.08. The van der Waals surface area contributed by atoms with Gasteiger partial charge in [0.05, 0.1) is 23.3 Å². The first-order chi connectivity index (χ1) is 11.2. The van der Waals surface area contributed by atoms with Crippen molar-refractivity contribution in [3.05, 3.63) is 77.9 Å². The molecular formula is C18H17N5. The van der Waals surface area contributed by atoms with E-state index in [1.165, 1.54) is 0 Å². The number of aromatic nitrogens is 2. The van der Waals surface area contributed by atoms with Gasteiger partial charge in [0.1, 0.15) is 5.82 Å². The van der Waals surface area contributed by atoms with E-state index in [1.807, 2.05) is 43.6 Å². The van der Waals surface area contributed by atoms with E-state index in [0.717, 1.165) is 33.8 Å². The highest BCUT2D eigenvalue weighted by atomic mass is 15.1. The Bertz CT molecular complexity index is 891. The fourth-order valence-corrected chi connectivity index (χ4v) is 2.91. The minimum absolute atomic E-state index is 0.232. The van der Waals surface area contributed by atoms with Crippen LogP contribution in [0.15, 0.2) is 77.9 Å². The van der Waals surface area contributed by atoms with Crippen LogP contribution in [0.1, 0.15) is 0 Å². The molecule has 2 aliphatic rings. The first-order valence-corrected chi connectivity index (χ1v) is 7.48. The van der Waals surface area contributed by atoms with Crippen molar-refractivity contribution >= 4 is 16.9 Å². The van der Waals surface area contributed by atoms with Crippen molar-refractivity contribution < 1.29 is 0 Å². The third-order valence-corrected chi connectivity index (χ3v) is 3.97. The Morgan fingerprint density at radius 2 is 2.00 bits per heavy atom. The first kappa shape index (κ1) is 13.6. The third-order valence-electron chi connectivity index (χ3n) is 3.97. The molecule has 1 unspecified atom stereocenters. The number of benzene rings is 1. The number of fused-ring (bicyclic) bond motifs is 2. The van der Waals surface area contributed by atoms with Gasteiger partial charge < -0.3 is 16.0 Å².